The molecule has 2 aliphatic rings. The van der Waals surface area contributed by atoms with Gasteiger partial charge in [-0.2, -0.15) is 0 Å². The van der Waals surface area contributed by atoms with Gasteiger partial charge in [-0.1, -0.05) is 24.3 Å². The second-order valence-corrected chi connectivity index (χ2v) is 8.26. The third-order valence-corrected chi connectivity index (χ3v) is 5.94. The van der Waals surface area contributed by atoms with Crippen LogP contribution in [0, 0.1) is 5.92 Å². The summed E-state index contributed by atoms with van der Waals surface area (Å²) in [6.45, 7) is 9.47. The third-order valence-electron chi connectivity index (χ3n) is 5.94. The predicted molar refractivity (Wildman–Crippen MR) is 102 cm³/mol. The van der Waals surface area contributed by atoms with Gasteiger partial charge in [-0.3, -0.25) is 9.69 Å². The lowest BCUT2D eigenvalue weighted by atomic mass is 9.92. The first-order valence-electron chi connectivity index (χ1n) is 9.84. The Hall–Kier alpha value is -1.39. The summed E-state index contributed by atoms with van der Waals surface area (Å²) in [5, 5.41) is 6.57. The van der Waals surface area contributed by atoms with Gasteiger partial charge in [0.15, 0.2) is 0 Å². The monoisotopic (exact) mass is 343 g/mol. The van der Waals surface area contributed by atoms with Gasteiger partial charge in [0.2, 0.25) is 5.91 Å². The van der Waals surface area contributed by atoms with Gasteiger partial charge in [-0.25, -0.2) is 0 Å². The molecule has 0 bridgehead atoms. The molecule has 138 valence electrons. The van der Waals surface area contributed by atoms with Gasteiger partial charge < -0.3 is 10.6 Å². The summed E-state index contributed by atoms with van der Waals surface area (Å²) in [7, 11) is 0. The minimum Gasteiger partial charge on any atom is -0.354 e. The van der Waals surface area contributed by atoms with E-state index in [1.807, 2.05) is 0 Å². The summed E-state index contributed by atoms with van der Waals surface area (Å²) in [4.78, 5) is 14.8. The fourth-order valence-corrected chi connectivity index (χ4v) is 4.03. The summed E-state index contributed by atoms with van der Waals surface area (Å²) in [5.74, 6) is 0.933. The maximum atomic E-state index is 12.3. The van der Waals surface area contributed by atoms with Crippen LogP contribution in [0.2, 0.25) is 0 Å². The number of carbonyl (C=O) groups excluding carboxylic acids is 1. The largest absolute Gasteiger partial charge is 0.354 e. The van der Waals surface area contributed by atoms with Crippen LogP contribution in [0.25, 0.3) is 0 Å². The number of fused-ring (bicyclic) bond motifs is 1. The molecule has 2 N–H and O–H groups in total. The second kappa shape index (κ2) is 8.33. The topological polar surface area (TPSA) is 44.4 Å². The van der Waals surface area contributed by atoms with E-state index in [1.54, 1.807) is 0 Å². The normalized spacial score (nSPS) is 19.4. The van der Waals surface area contributed by atoms with Gasteiger partial charge in [-0.05, 0) is 69.7 Å². The van der Waals surface area contributed by atoms with Crippen LogP contribution in [0.1, 0.15) is 50.7 Å². The van der Waals surface area contributed by atoms with Crippen molar-refractivity contribution in [3.05, 3.63) is 35.4 Å². The molecule has 25 heavy (non-hydrogen) atoms. The van der Waals surface area contributed by atoms with Crippen LogP contribution >= 0.6 is 0 Å². The molecule has 0 atom stereocenters. The molecule has 0 aromatic heterocycles. The van der Waals surface area contributed by atoms with E-state index in [2.05, 4.69) is 53.6 Å². The molecule has 0 spiro atoms. The van der Waals surface area contributed by atoms with Crippen molar-refractivity contribution in [3.63, 3.8) is 0 Å². The summed E-state index contributed by atoms with van der Waals surface area (Å²) in [6, 6.07) is 8.72. The first-order chi connectivity index (χ1) is 12.0. The molecule has 2 heterocycles. The van der Waals surface area contributed by atoms with Crippen molar-refractivity contribution in [1.82, 2.24) is 15.5 Å². The Morgan fingerprint density at radius 1 is 1.24 bits per heavy atom. The third kappa shape index (κ3) is 5.05. The molecule has 1 aromatic rings. The molecular weight excluding hydrogens is 310 g/mol. The molecular formula is C21H33N3O. The predicted octanol–water partition coefficient (Wildman–Crippen LogP) is 2.72. The Kier molecular flexibility index (Phi) is 6.13. The van der Waals surface area contributed by atoms with Crippen LogP contribution in [-0.2, 0) is 17.8 Å². The zero-order valence-electron chi connectivity index (χ0n) is 15.8. The van der Waals surface area contributed by atoms with Crippen LogP contribution in [0.3, 0.4) is 0 Å². The summed E-state index contributed by atoms with van der Waals surface area (Å²) in [6.07, 6.45) is 5.23. The Labute approximate surface area is 152 Å². The Morgan fingerprint density at radius 3 is 2.72 bits per heavy atom. The average Bonchev–Trinajstić information content (AvgIpc) is 2.65. The van der Waals surface area contributed by atoms with Crippen LogP contribution in [0.4, 0.5) is 0 Å². The molecule has 0 unspecified atom stereocenters. The van der Waals surface area contributed by atoms with Crippen LogP contribution in [0.5, 0.6) is 0 Å². The molecule has 2 aliphatic heterocycles. The van der Waals surface area contributed by atoms with E-state index in [9.17, 15) is 4.79 Å². The van der Waals surface area contributed by atoms with E-state index >= 15 is 0 Å². The standard InChI is InChI=1S/C21H33N3O/c1-21(2,24-14-11-18-5-3-4-6-19(18)15-24)16-23-20(25)8-7-17-9-12-22-13-10-17/h3-6,17,22H,7-16H2,1-2H3,(H,23,25). The van der Waals surface area contributed by atoms with Gasteiger partial charge in [0, 0.05) is 31.6 Å². The van der Waals surface area contributed by atoms with E-state index in [0.717, 1.165) is 51.5 Å². The van der Waals surface area contributed by atoms with E-state index in [0.29, 0.717) is 6.42 Å². The quantitative estimate of drug-likeness (QED) is 0.835. The number of nitrogens with zero attached hydrogens (tertiary/aromatic N) is 1. The van der Waals surface area contributed by atoms with Crippen LogP contribution < -0.4 is 10.6 Å². The van der Waals surface area contributed by atoms with Crippen LogP contribution in [0.15, 0.2) is 24.3 Å². The SMILES string of the molecule is CC(C)(CNC(=O)CCC1CCNCC1)N1CCc2ccccc2C1. The van der Waals surface area contributed by atoms with E-state index in [-0.39, 0.29) is 11.4 Å². The molecule has 3 rings (SSSR count). The number of hydrogen-bond acceptors (Lipinski definition) is 3. The molecule has 1 fully saturated rings. The minimum absolute atomic E-state index is 0.0159. The molecule has 4 nitrogen and oxygen atoms in total. The number of nitrogens with one attached hydrogen (secondary N) is 2. The minimum atomic E-state index is -0.0159. The summed E-state index contributed by atoms with van der Waals surface area (Å²) in [5.41, 5.74) is 2.89. The van der Waals surface area contributed by atoms with Gasteiger partial charge >= 0.3 is 0 Å². The number of rotatable bonds is 6. The van der Waals surface area contributed by atoms with Gasteiger partial charge in [0.05, 0.1) is 0 Å². The average molecular weight is 344 g/mol. The van der Waals surface area contributed by atoms with Crippen molar-refractivity contribution in [2.75, 3.05) is 26.2 Å². The highest BCUT2D eigenvalue weighted by atomic mass is 16.1. The smallest absolute Gasteiger partial charge is 0.220 e. The Balaban J connectivity index is 1.44. The lowest BCUT2D eigenvalue weighted by molar-refractivity contribution is -0.122. The van der Waals surface area contributed by atoms with Crippen molar-refractivity contribution in [3.8, 4) is 0 Å². The lowest BCUT2D eigenvalue weighted by Crippen LogP contribution is -2.53. The first kappa shape index (κ1) is 18.4. The van der Waals surface area contributed by atoms with Crippen molar-refractivity contribution in [1.29, 1.82) is 0 Å². The highest BCUT2D eigenvalue weighted by molar-refractivity contribution is 5.75. The maximum absolute atomic E-state index is 12.3. The molecule has 0 saturated carbocycles. The maximum Gasteiger partial charge on any atom is 0.220 e. The zero-order chi connectivity index (χ0) is 17.7. The Morgan fingerprint density at radius 2 is 1.96 bits per heavy atom. The lowest BCUT2D eigenvalue weighted by Gasteiger charge is -2.41. The molecule has 0 radical (unpaired) electrons. The molecule has 1 saturated heterocycles. The number of hydrogen-bond donors (Lipinski definition) is 2. The van der Waals surface area contributed by atoms with E-state index in [1.165, 1.54) is 24.0 Å². The number of amides is 1. The number of piperidine rings is 1. The number of benzene rings is 1. The highest BCUT2D eigenvalue weighted by Gasteiger charge is 2.30. The van der Waals surface area contributed by atoms with Gasteiger partial charge in [0.25, 0.3) is 0 Å². The second-order valence-electron chi connectivity index (χ2n) is 8.26. The van der Waals surface area contributed by atoms with E-state index in [4.69, 9.17) is 0 Å². The fraction of sp³-hybridized carbons (Fsp3) is 0.667. The zero-order valence-corrected chi connectivity index (χ0v) is 15.8. The summed E-state index contributed by atoms with van der Waals surface area (Å²) < 4.78 is 0. The van der Waals surface area contributed by atoms with Crippen molar-refractivity contribution in [2.45, 2.75) is 58.0 Å². The number of carbonyl (C=O) groups is 1. The Bertz CT molecular complexity index is 578. The molecule has 4 heteroatoms. The fourth-order valence-electron chi connectivity index (χ4n) is 4.03. The first-order valence-corrected chi connectivity index (χ1v) is 9.84. The molecule has 1 aromatic carbocycles. The van der Waals surface area contributed by atoms with Crippen molar-refractivity contribution < 1.29 is 4.79 Å². The summed E-state index contributed by atoms with van der Waals surface area (Å²) >= 11 is 0. The van der Waals surface area contributed by atoms with E-state index < -0.39 is 0 Å². The molecule has 0 aliphatic carbocycles. The van der Waals surface area contributed by atoms with Gasteiger partial charge in [-0.15, -0.1) is 0 Å². The van der Waals surface area contributed by atoms with Gasteiger partial charge in [0.1, 0.15) is 0 Å². The van der Waals surface area contributed by atoms with Crippen molar-refractivity contribution in [2.24, 2.45) is 5.92 Å². The van der Waals surface area contributed by atoms with Crippen LogP contribution in [-0.4, -0.2) is 42.5 Å². The van der Waals surface area contributed by atoms with Crippen molar-refractivity contribution >= 4 is 5.91 Å². The highest BCUT2D eigenvalue weighted by Crippen LogP contribution is 2.25. The molecule has 1 amide bonds.